The van der Waals surface area contributed by atoms with Gasteiger partial charge < -0.3 is 4.57 Å². The van der Waals surface area contributed by atoms with Crippen molar-refractivity contribution in [1.82, 2.24) is 9.55 Å². The van der Waals surface area contributed by atoms with Gasteiger partial charge in [-0.25, -0.2) is 9.73 Å². The van der Waals surface area contributed by atoms with Crippen LogP contribution >= 0.6 is 7.05 Å². The minimum absolute atomic E-state index is 0.651. The van der Waals surface area contributed by atoms with E-state index in [0.717, 1.165) is 17.0 Å². The van der Waals surface area contributed by atoms with E-state index in [1.165, 1.54) is 15.9 Å². The first-order chi connectivity index (χ1) is 15.8. The Morgan fingerprint density at radius 3 is 1.66 bits per heavy atom. The number of nitrogens with zero attached hydrogens (tertiary/aromatic N) is 3. The fourth-order valence-corrected chi connectivity index (χ4v) is 7.61. The Morgan fingerprint density at radius 2 is 1.16 bits per heavy atom. The summed E-state index contributed by atoms with van der Waals surface area (Å²) in [7, 11) is -2.37. The van der Waals surface area contributed by atoms with Crippen molar-refractivity contribution in [3.63, 3.8) is 0 Å². The van der Waals surface area contributed by atoms with E-state index in [1.54, 1.807) is 0 Å². The van der Waals surface area contributed by atoms with Crippen molar-refractivity contribution in [2.24, 2.45) is 4.74 Å². The Balaban J connectivity index is 1.94. The number of rotatable bonds is 6. The number of aromatic nitrogens is 2. The summed E-state index contributed by atoms with van der Waals surface area (Å²) in [5.41, 5.74) is 2.01. The number of imidazole rings is 1. The molecule has 1 aromatic heterocycles. The normalized spacial score (nSPS) is 11.4. The summed E-state index contributed by atoms with van der Waals surface area (Å²) in [5, 5.41) is 3.61. The van der Waals surface area contributed by atoms with Crippen molar-refractivity contribution in [1.29, 1.82) is 0 Å². The van der Waals surface area contributed by atoms with E-state index in [9.17, 15) is 0 Å². The Morgan fingerprint density at radius 1 is 0.688 bits per heavy atom. The lowest BCUT2D eigenvalue weighted by Gasteiger charge is -2.26. The van der Waals surface area contributed by atoms with E-state index in [-0.39, 0.29) is 0 Å². The Labute approximate surface area is 188 Å². The lowest BCUT2D eigenvalue weighted by Crippen LogP contribution is -2.25. The number of benzene rings is 4. The fraction of sp³-hybridized carbons (Fsp3) is 0.0357. The Bertz CT molecular complexity index is 1300. The van der Waals surface area contributed by atoms with Gasteiger partial charge in [0, 0.05) is 22.5 Å². The average Bonchev–Trinajstić information content (AvgIpc) is 3.21. The smallest absolute Gasteiger partial charge is 0.230 e. The highest BCUT2D eigenvalue weighted by molar-refractivity contribution is 7.87. The predicted octanol–water partition coefficient (Wildman–Crippen LogP) is 6.03. The highest BCUT2D eigenvalue weighted by atomic mass is 31.2. The molecule has 32 heavy (non-hydrogen) atoms. The first-order valence-electron chi connectivity index (χ1n) is 10.7. The molecule has 1 heterocycles. The number of hydrogen-bond donors (Lipinski definition) is 0. The summed E-state index contributed by atoms with van der Waals surface area (Å²) >= 11 is 0. The molecule has 0 N–H and O–H groups in total. The number of hydrogen-bond acceptors (Lipinski definition) is 2. The molecular weight excluding hydrogens is 409 g/mol. The summed E-state index contributed by atoms with van der Waals surface area (Å²) in [4.78, 5) is 4.97. The molecule has 4 heteroatoms. The monoisotopic (exact) mass is 433 g/mol. The molecule has 5 aromatic rings. The van der Waals surface area contributed by atoms with Gasteiger partial charge in [-0.3, -0.25) is 0 Å². The summed E-state index contributed by atoms with van der Waals surface area (Å²) in [6.07, 6.45) is 1.90. The van der Waals surface area contributed by atoms with Gasteiger partial charge in [-0.1, -0.05) is 109 Å². The second-order valence-electron chi connectivity index (χ2n) is 7.54. The van der Waals surface area contributed by atoms with Gasteiger partial charge >= 0.3 is 0 Å². The molecule has 4 aromatic carbocycles. The van der Waals surface area contributed by atoms with Crippen LogP contribution in [0.2, 0.25) is 0 Å². The van der Waals surface area contributed by atoms with Gasteiger partial charge in [0.15, 0.2) is 0 Å². The molecule has 0 atom stereocenters. The van der Waals surface area contributed by atoms with Gasteiger partial charge in [-0.05, 0) is 12.1 Å². The molecule has 0 unspecified atom stereocenters. The SMILES string of the molecule is C=CCn1c(N=P(c2ccccc2)(c2ccccc2)c2ccccc2)nc2ccccc21. The third-order valence-corrected chi connectivity index (χ3v) is 9.19. The topological polar surface area (TPSA) is 30.2 Å². The molecule has 5 rings (SSSR count). The van der Waals surface area contributed by atoms with E-state index in [0.29, 0.717) is 6.54 Å². The van der Waals surface area contributed by atoms with Crippen LogP contribution in [0.3, 0.4) is 0 Å². The minimum atomic E-state index is -2.37. The predicted molar refractivity (Wildman–Crippen MR) is 137 cm³/mol. The van der Waals surface area contributed by atoms with Gasteiger partial charge in [0.1, 0.15) is 0 Å². The Kier molecular flexibility index (Phi) is 5.58. The standard InChI is InChI=1S/C28H24N3P/c1-2-22-31-27-21-13-12-20-26(27)29-28(31)30-32(23-14-6-3-7-15-23,24-16-8-4-9-17-24)25-18-10-5-11-19-25/h2-21H,1,22H2. The van der Waals surface area contributed by atoms with Crippen molar-refractivity contribution in [3.05, 3.63) is 128 Å². The zero-order valence-electron chi connectivity index (χ0n) is 17.8. The van der Waals surface area contributed by atoms with Crippen molar-refractivity contribution in [3.8, 4) is 0 Å². The zero-order chi connectivity index (χ0) is 21.8. The molecule has 0 saturated carbocycles. The lowest BCUT2D eigenvalue weighted by atomic mass is 10.3. The molecule has 0 aliphatic heterocycles. The second kappa shape index (κ2) is 8.82. The van der Waals surface area contributed by atoms with Gasteiger partial charge in [0.05, 0.1) is 18.1 Å². The quantitative estimate of drug-likeness (QED) is 0.237. The van der Waals surface area contributed by atoms with Crippen LogP contribution in [-0.2, 0) is 6.54 Å². The molecule has 156 valence electrons. The maximum Gasteiger partial charge on any atom is 0.230 e. The number of allylic oxidation sites excluding steroid dienone is 1. The van der Waals surface area contributed by atoms with Crippen LogP contribution in [-0.4, -0.2) is 9.55 Å². The van der Waals surface area contributed by atoms with Crippen LogP contribution in [0, 0.1) is 0 Å². The van der Waals surface area contributed by atoms with E-state index in [4.69, 9.17) is 9.73 Å². The van der Waals surface area contributed by atoms with Crippen LogP contribution in [0.5, 0.6) is 0 Å². The second-order valence-corrected chi connectivity index (χ2v) is 10.6. The summed E-state index contributed by atoms with van der Waals surface area (Å²) < 4.78 is 7.73. The van der Waals surface area contributed by atoms with Crippen molar-refractivity contribution in [2.45, 2.75) is 6.54 Å². The molecule has 0 radical (unpaired) electrons. The van der Waals surface area contributed by atoms with E-state index < -0.39 is 7.05 Å². The van der Waals surface area contributed by atoms with Gasteiger partial charge in [-0.15, -0.1) is 6.58 Å². The molecule has 0 fully saturated rings. The molecule has 0 bridgehead atoms. The summed E-state index contributed by atoms with van der Waals surface area (Å²) in [6, 6.07) is 40.1. The zero-order valence-corrected chi connectivity index (χ0v) is 18.6. The molecule has 0 aliphatic carbocycles. The number of para-hydroxylation sites is 2. The van der Waals surface area contributed by atoms with Gasteiger partial charge in [-0.2, -0.15) is 0 Å². The Hall–Kier alpha value is -3.68. The van der Waals surface area contributed by atoms with Crippen LogP contribution in [0.25, 0.3) is 11.0 Å². The van der Waals surface area contributed by atoms with Crippen LogP contribution in [0.15, 0.2) is 133 Å². The third kappa shape index (κ3) is 3.51. The highest BCUT2D eigenvalue weighted by Gasteiger charge is 2.28. The fourth-order valence-electron chi connectivity index (χ4n) is 4.13. The van der Waals surface area contributed by atoms with Crippen molar-refractivity contribution >= 4 is 39.9 Å². The molecule has 0 spiro atoms. The maximum absolute atomic E-state index is 5.57. The van der Waals surface area contributed by atoms with Crippen LogP contribution < -0.4 is 15.9 Å². The van der Waals surface area contributed by atoms with E-state index >= 15 is 0 Å². The van der Waals surface area contributed by atoms with Crippen molar-refractivity contribution in [2.75, 3.05) is 0 Å². The van der Waals surface area contributed by atoms with Crippen LogP contribution in [0.4, 0.5) is 5.95 Å². The first kappa shape index (κ1) is 20.2. The average molecular weight is 433 g/mol. The first-order valence-corrected chi connectivity index (χ1v) is 12.4. The van der Waals surface area contributed by atoms with E-state index in [1.807, 2.05) is 24.3 Å². The largest absolute Gasteiger partial charge is 0.305 e. The van der Waals surface area contributed by atoms with Gasteiger partial charge in [0.25, 0.3) is 0 Å². The highest BCUT2D eigenvalue weighted by Crippen LogP contribution is 2.49. The van der Waals surface area contributed by atoms with E-state index in [2.05, 4.69) is 108 Å². The molecule has 0 saturated heterocycles. The summed E-state index contributed by atoms with van der Waals surface area (Å²) in [6.45, 7) is 4.62. The minimum Gasteiger partial charge on any atom is -0.305 e. The van der Waals surface area contributed by atoms with Crippen LogP contribution in [0.1, 0.15) is 0 Å². The van der Waals surface area contributed by atoms with Gasteiger partial charge in [0.2, 0.25) is 5.95 Å². The third-order valence-electron chi connectivity index (χ3n) is 5.58. The molecule has 3 nitrogen and oxygen atoms in total. The lowest BCUT2D eigenvalue weighted by molar-refractivity contribution is 0.854. The maximum atomic E-state index is 5.57. The molecule has 0 amide bonds. The summed E-state index contributed by atoms with van der Waals surface area (Å²) in [5.74, 6) is 0.732. The number of fused-ring (bicyclic) bond motifs is 1. The molecule has 0 aliphatic rings. The molecular formula is C28H24N3P. The van der Waals surface area contributed by atoms with Crippen molar-refractivity contribution < 1.29 is 0 Å².